The van der Waals surface area contributed by atoms with Gasteiger partial charge in [0, 0.05) is 92.7 Å². The largest absolute Gasteiger partial charge is 0.379 e. The molecule has 3 saturated heterocycles. The van der Waals surface area contributed by atoms with E-state index in [1.807, 2.05) is 0 Å². The maximum Gasteiger partial charge on any atom is 0.146 e. The van der Waals surface area contributed by atoms with Crippen LogP contribution in [0.2, 0.25) is 0 Å². The van der Waals surface area contributed by atoms with Crippen LogP contribution < -0.4 is 5.32 Å². The van der Waals surface area contributed by atoms with Gasteiger partial charge in [0.2, 0.25) is 0 Å². The number of aldehydes is 1. The number of piperidine rings is 2. The van der Waals surface area contributed by atoms with E-state index in [-0.39, 0.29) is 22.3 Å². The van der Waals surface area contributed by atoms with Crippen molar-refractivity contribution < 1.29 is 23.4 Å². The van der Waals surface area contributed by atoms with Crippen LogP contribution in [0.15, 0.2) is 82.3 Å². The fraction of sp³-hybridized carbons (Fsp3) is 0.821. The zero-order valence-electron chi connectivity index (χ0n) is 63.5. The van der Waals surface area contributed by atoms with Crippen LogP contribution in [0.1, 0.15) is 272 Å². The van der Waals surface area contributed by atoms with E-state index in [4.69, 9.17) is 20.8 Å². The average molecular weight is 1290 g/mol. The smallest absolute Gasteiger partial charge is 0.146 e. The topological polar surface area (TPSA) is 66.5 Å². The Morgan fingerprint density at radius 3 is 2.17 bits per heavy atom. The number of nitrogens with zero attached hydrogens (tertiary/aromatic N) is 3. The first-order chi connectivity index (χ1) is 44.3. The van der Waals surface area contributed by atoms with Crippen LogP contribution in [0.5, 0.6) is 0 Å². The minimum Gasteiger partial charge on any atom is -0.379 e. The van der Waals surface area contributed by atoms with Gasteiger partial charge < -0.3 is 24.4 Å². The van der Waals surface area contributed by atoms with Crippen molar-refractivity contribution in [1.29, 1.82) is 0 Å². The van der Waals surface area contributed by atoms with Gasteiger partial charge in [-0.1, -0.05) is 179 Å². The summed E-state index contributed by atoms with van der Waals surface area (Å²) >= 11 is 0. The van der Waals surface area contributed by atoms with Crippen LogP contribution in [-0.2, 0) is 19.0 Å². The standard InChI is InChI=1S/C45H78FNO3.C25H39N.C14H28N2O/c1-11-15-16-22-49-31-42(14-4)50-23-21-36(12-2)25-41-27-39(13-3)33(5)28-47(41)29-34(6)45(10)32-44(8,9)35(7)43(45)26-38(30-48)24-37-17-19-40(46)20-18-37;1-8-18(4)26-16-25(6,7)24-22(9-2)19(5)21(15-23(24)26)14-20-12-10-17(3)11-13-20;1-4-14-10-16(5-6-17-14)9-13-8-15-12(3)7-11(13)2/h26,30,33,36-37,39-42H,6,11-25,27-29,31-32H2,1-5,7-10H3;15,17,20,22H,4-5,8-14,16H2,1-3,6-7H3;11-15H,4-10H2,1-3H3/b38-26-;;/t33-,36?,37?,39?,40?,41?,42+,45?;;11?,12-,13?,14-/m1.1/s1. The summed E-state index contributed by atoms with van der Waals surface area (Å²) in [6, 6.07) is 1.24. The third-order valence-electron chi connectivity index (χ3n) is 25.0. The summed E-state index contributed by atoms with van der Waals surface area (Å²) in [5.74, 6) is 6.43. The second-order valence-electron chi connectivity index (χ2n) is 33.3. The molecule has 8 aliphatic rings. The highest BCUT2D eigenvalue weighted by Crippen LogP contribution is 2.58. The minimum atomic E-state index is -0.671. The molecule has 4 aliphatic carbocycles. The summed E-state index contributed by atoms with van der Waals surface area (Å²) in [7, 11) is 0. The van der Waals surface area contributed by atoms with Crippen LogP contribution in [-0.4, -0.2) is 124 Å². The first-order valence-electron chi connectivity index (χ1n) is 39.1. The number of carbonyl (C=O) groups excluding carboxylic acids is 1. The summed E-state index contributed by atoms with van der Waals surface area (Å²) < 4.78 is 31.9. The van der Waals surface area contributed by atoms with Crippen molar-refractivity contribution >= 4 is 6.29 Å². The summed E-state index contributed by atoms with van der Waals surface area (Å²) in [4.78, 5) is 20.4. The van der Waals surface area contributed by atoms with Gasteiger partial charge in [-0.15, -0.1) is 0 Å². The average Bonchev–Trinajstić information content (AvgIpc) is 1.61. The van der Waals surface area contributed by atoms with E-state index in [2.05, 4.69) is 163 Å². The van der Waals surface area contributed by atoms with Gasteiger partial charge in [-0.3, -0.25) is 14.6 Å². The molecule has 8 nitrogen and oxygen atoms in total. The lowest BCUT2D eigenvalue weighted by molar-refractivity contribution is -0.105. The number of likely N-dealkylation sites (tertiary alicyclic amines) is 1. The molecule has 0 radical (unpaired) electrons. The fourth-order valence-electron chi connectivity index (χ4n) is 18.1. The molecule has 4 aliphatic heterocycles. The van der Waals surface area contributed by atoms with E-state index in [0.717, 1.165) is 158 Å². The van der Waals surface area contributed by atoms with Crippen LogP contribution in [0.25, 0.3) is 0 Å². The number of hydrogen-bond acceptors (Lipinski definition) is 8. The molecule has 0 spiro atoms. The van der Waals surface area contributed by atoms with E-state index >= 15 is 0 Å². The minimum absolute atomic E-state index is 0.0376. The molecule has 8 rings (SSSR count). The van der Waals surface area contributed by atoms with Gasteiger partial charge in [-0.25, -0.2) is 4.39 Å². The van der Waals surface area contributed by atoms with Gasteiger partial charge in [-0.2, -0.15) is 0 Å². The van der Waals surface area contributed by atoms with E-state index < -0.39 is 6.17 Å². The van der Waals surface area contributed by atoms with Gasteiger partial charge in [0.15, 0.2) is 0 Å². The predicted molar refractivity (Wildman–Crippen MR) is 395 cm³/mol. The molecule has 0 aromatic heterocycles. The number of rotatable bonds is 30. The number of unbranched alkanes of at least 4 members (excludes halogenated alkanes) is 2. The number of hydrogen-bond donors (Lipinski definition) is 1. The number of alkyl halides is 1. The molecule has 11 atom stereocenters. The van der Waals surface area contributed by atoms with Gasteiger partial charge >= 0.3 is 0 Å². The van der Waals surface area contributed by atoms with Crippen molar-refractivity contribution in [3.8, 4) is 0 Å². The molecule has 7 unspecified atom stereocenters. The highest BCUT2D eigenvalue weighted by molar-refractivity contribution is 5.75. The van der Waals surface area contributed by atoms with Crippen LogP contribution in [0.3, 0.4) is 0 Å². The Morgan fingerprint density at radius 2 is 1.55 bits per heavy atom. The number of nitrogens with one attached hydrogen (secondary N) is 1. The zero-order chi connectivity index (χ0) is 68.2. The molecule has 4 heterocycles. The number of ether oxygens (including phenoxy) is 3. The summed E-state index contributed by atoms with van der Waals surface area (Å²) in [5.41, 5.74) is 12.1. The van der Waals surface area contributed by atoms with Crippen LogP contribution in [0.4, 0.5) is 4.39 Å². The van der Waals surface area contributed by atoms with Crippen molar-refractivity contribution in [2.24, 2.45) is 69.5 Å². The summed E-state index contributed by atoms with van der Waals surface area (Å²) in [5, 5.41) is 3.62. The Balaban J connectivity index is 0.000000261. The number of allylic oxidation sites excluding steroid dienone is 8. The molecule has 2 saturated carbocycles. The highest BCUT2D eigenvalue weighted by Gasteiger charge is 2.48. The van der Waals surface area contributed by atoms with E-state index in [1.165, 1.54) is 129 Å². The van der Waals surface area contributed by atoms with E-state index in [1.54, 1.807) is 5.57 Å². The highest BCUT2D eigenvalue weighted by atomic mass is 19.1. The summed E-state index contributed by atoms with van der Waals surface area (Å²) in [6.45, 7) is 64.6. The van der Waals surface area contributed by atoms with Crippen molar-refractivity contribution in [2.75, 3.05) is 72.2 Å². The molecule has 0 amide bonds. The van der Waals surface area contributed by atoms with Gasteiger partial charge in [0.25, 0.3) is 0 Å². The molecule has 0 aromatic rings. The molecule has 9 heteroatoms. The number of carbonyl (C=O) groups is 1. The van der Waals surface area contributed by atoms with Crippen LogP contribution in [0, 0.1) is 69.5 Å². The molecule has 532 valence electrons. The summed E-state index contributed by atoms with van der Waals surface area (Å²) in [6.07, 6.45) is 32.6. The van der Waals surface area contributed by atoms with Crippen LogP contribution >= 0.6 is 0 Å². The quantitative estimate of drug-likeness (QED) is 0.0330. The molecular weight excluding hydrogens is 1150 g/mol. The van der Waals surface area contributed by atoms with E-state index in [9.17, 15) is 9.18 Å². The lowest BCUT2D eigenvalue weighted by Gasteiger charge is -2.46. The van der Waals surface area contributed by atoms with Crippen molar-refractivity contribution in [1.82, 2.24) is 20.0 Å². The third kappa shape index (κ3) is 22.4. The molecule has 1 N–H and O–H groups in total. The normalized spacial score (nSPS) is 32.5. The molecule has 5 fully saturated rings. The maximum absolute atomic E-state index is 13.9. The Hall–Kier alpha value is -2.66. The lowest BCUT2D eigenvalue weighted by atomic mass is 9.69. The SMILES string of the molecule is C=C(CN1C[C@@H](C)C(CC)CC1CC(CC)CCO[C@@H](CC)COCCCCC)C1(C)CC(C)(C)C(C)=C1/C=C(\C=O)CC1CCC(F)CC1.C=C1C(CC2CCC(C)CC2)=CC2=C(C1CC)C(C)(C)CN2C(=C)CC.CC[C@@H]1CN(CC2CN[C@H](C)CC2C)CCO1. The Kier molecular flexibility index (Phi) is 32.5. The lowest BCUT2D eigenvalue weighted by Crippen LogP contribution is -2.50. The zero-order valence-corrected chi connectivity index (χ0v) is 63.5. The fourth-order valence-corrected chi connectivity index (χ4v) is 18.1. The Bertz CT molecular complexity index is 2460. The first kappa shape index (κ1) is 79.3. The molecule has 0 aromatic carbocycles. The van der Waals surface area contributed by atoms with Gasteiger partial charge in [0.1, 0.15) is 12.5 Å². The maximum atomic E-state index is 13.9. The van der Waals surface area contributed by atoms with Gasteiger partial charge in [-0.05, 0) is 223 Å². The van der Waals surface area contributed by atoms with Crippen molar-refractivity contribution in [3.63, 3.8) is 0 Å². The third-order valence-corrected chi connectivity index (χ3v) is 25.0. The van der Waals surface area contributed by atoms with Gasteiger partial charge in [0.05, 0.1) is 25.4 Å². The molecule has 0 bridgehead atoms. The molecular formula is C84H145FN4O4. The molecule has 93 heavy (non-hydrogen) atoms. The number of morpholine rings is 1. The van der Waals surface area contributed by atoms with E-state index in [0.29, 0.717) is 61.3 Å². The second kappa shape index (κ2) is 38.1. The van der Waals surface area contributed by atoms with Crippen molar-refractivity contribution in [2.45, 2.75) is 302 Å². The first-order valence-corrected chi connectivity index (χ1v) is 39.1. The van der Waals surface area contributed by atoms with Crippen molar-refractivity contribution in [3.05, 3.63) is 82.3 Å². The predicted octanol–water partition coefficient (Wildman–Crippen LogP) is 20.9. The monoisotopic (exact) mass is 1290 g/mol. The second-order valence-corrected chi connectivity index (χ2v) is 33.3. The number of halogens is 1. The Morgan fingerprint density at radius 1 is 0.839 bits per heavy atom. The Labute approximate surface area is 573 Å².